The molecule has 0 aliphatic carbocycles. The Morgan fingerprint density at radius 1 is 1.00 bits per heavy atom. The van der Waals surface area contributed by atoms with Gasteiger partial charge in [-0.3, -0.25) is 9.59 Å². The molecule has 0 saturated heterocycles. The lowest BCUT2D eigenvalue weighted by atomic mass is 9.88. The molecule has 0 amide bonds. The average molecular weight is 242 g/mol. The van der Waals surface area contributed by atoms with Crippen LogP contribution in [0.2, 0.25) is 0 Å². The van der Waals surface area contributed by atoms with Crippen molar-refractivity contribution in [2.75, 3.05) is 13.2 Å². The summed E-state index contributed by atoms with van der Waals surface area (Å²) in [6.07, 6.45) is 3.57. The Kier molecular flexibility index (Phi) is 8.05. The largest absolute Gasteiger partial charge is 0.381 e. The summed E-state index contributed by atoms with van der Waals surface area (Å²) in [5.74, 6) is 0.492. The van der Waals surface area contributed by atoms with E-state index in [-0.39, 0.29) is 11.2 Å². The van der Waals surface area contributed by atoms with Gasteiger partial charge >= 0.3 is 0 Å². The molecule has 0 heterocycles. The Labute approximate surface area is 105 Å². The number of ether oxygens (including phenoxy) is 1. The quantitative estimate of drug-likeness (QED) is 0.583. The molecule has 0 fully saturated rings. The SMILES string of the molecule is CC(=O)CCOCCCCC(=O)CC(C)(C)C. The smallest absolute Gasteiger partial charge is 0.133 e. The number of carbonyl (C=O) groups excluding carboxylic acids is 2. The first-order valence-corrected chi connectivity index (χ1v) is 6.40. The van der Waals surface area contributed by atoms with Crippen LogP contribution in [0.25, 0.3) is 0 Å². The molecule has 0 aromatic carbocycles. The van der Waals surface area contributed by atoms with Gasteiger partial charge in [-0.05, 0) is 25.2 Å². The number of unbranched alkanes of at least 4 members (excludes halogenated alkanes) is 1. The molecule has 0 rings (SSSR count). The molecular formula is C14H26O3. The molecule has 17 heavy (non-hydrogen) atoms. The summed E-state index contributed by atoms with van der Waals surface area (Å²) in [4.78, 5) is 22.2. The first-order valence-electron chi connectivity index (χ1n) is 6.40. The van der Waals surface area contributed by atoms with Crippen molar-refractivity contribution in [2.24, 2.45) is 5.41 Å². The van der Waals surface area contributed by atoms with Crippen molar-refractivity contribution in [1.29, 1.82) is 0 Å². The van der Waals surface area contributed by atoms with Gasteiger partial charge in [0.25, 0.3) is 0 Å². The molecule has 3 nitrogen and oxygen atoms in total. The third-order valence-electron chi connectivity index (χ3n) is 2.32. The number of hydrogen-bond donors (Lipinski definition) is 0. The van der Waals surface area contributed by atoms with Gasteiger partial charge in [-0.15, -0.1) is 0 Å². The summed E-state index contributed by atoms with van der Waals surface area (Å²) in [5, 5.41) is 0. The molecular weight excluding hydrogens is 216 g/mol. The highest BCUT2D eigenvalue weighted by Crippen LogP contribution is 2.20. The zero-order chi connectivity index (χ0) is 13.3. The van der Waals surface area contributed by atoms with Gasteiger partial charge in [-0.1, -0.05) is 20.8 Å². The van der Waals surface area contributed by atoms with Crippen molar-refractivity contribution < 1.29 is 14.3 Å². The van der Waals surface area contributed by atoms with E-state index < -0.39 is 0 Å². The molecule has 3 heteroatoms. The van der Waals surface area contributed by atoms with Gasteiger partial charge < -0.3 is 4.74 Å². The fraction of sp³-hybridized carbons (Fsp3) is 0.857. The van der Waals surface area contributed by atoms with Crippen molar-refractivity contribution >= 4 is 11.6 Å². The van der Waals surface area contributed by atoms with E-state index in [1.165, 1.54) is 0 Å². The van der Waals surface area contributed by atoms with Crippen molar-refractivity contribution in [3.8, 4) is 0 Å². The molecule has 0 aromatic rings. The molecule has 0 radical (unpaired) electrons. The van der Waals surface area contributed by atoms with E-state index >= 15 is 0 Å². The van der Waals surface area contributed by atoms with Gasteiger partial charge in [-0.25, -0.2) is 0 Å². The summed E-state index contributed by atoms with van der Waals surface area (Å²) in [7, 11) is 0. The fourth-order valence-electron chi connectivity index (χ4n) is 1.52. The van der Waals surface area contributed by atoms with Crippen molar-refractivity contribution in [3.63, 3.8) is 0 Å². The van der Waals surface area contributed by atoms with Crippen LogP contribution in [-0.2, 0) is 14.3 Å². The first kappa shape index (κ1) is 16.3. The Balaban J connectivity index is 3.34. The third-order valence-corrected chi connectivity index (χ3v) is 2.32. The maximum absolute atomic E-state index is 11.6. The van der Waals surface area contributed by atoms with Gasteiger partial charge in [0.15, 0.2) is 0 Å². The normalized spacial score (nSPS) is 11.5. The van der Waals surface area contributed by atoms with Gasteiger partial charge in [-0.2, -0.15) is 0 Å². The van der Waals surface area contributed by atoms with E-state index in [9.17, 15) is 9.59 Å². The lowest BCUT2D eigenvalue weighted by molar-refractivity contribution is -0.121. The second-order valence-corrected chi connectivity index (χ2v) is 5.80. The number of Topliss-reactive ketones (excluding diaryl/α,β-unsaturated/α-hetero) is 2. The Hall–Kier alpha value is -0.700. The van der Waals surface area contributed by atoms with Crippen LogP contribution in [0.1, 0.15) is 59.8 Å². The van der Waals surface area contributed by atoms with Crippen molar-refractivity contribution in [2.45, 2.75) is 59.8 Å². The molecule has 0 bridgehead atoms. The molecule has 0 spiro atoms. The first-order chi connectivity index (χ1) is 7.81. The second-order valence-electron chi connectivity index (χ2n) is 5.80. The van der Waals surface area contributed by atoms with Gasteiger partial charge in [0.2, 0.25) is 0 Å². The Bertz CT molecular complexity index is 238. The van der Waals surface area contributed by atoms with Crippen LogP contribution in [0.15, 0.2) is 0 Å². The minimum atomic E-state index is 0.0923. The van der Waals surface area contributed by atoms with Crippen LogP contribution < -0.4 is 0 Å². The standard InChI is InChI=1S/C14H26O3/c1-12(15)8-10-17-9-6-5-7-13(16)11-14(2,3)4/h5-11H2,1-4H3. The van der Waals surface area contributed by atoms with E-state index in [0.29, 0.717) is 38.3 Å². The molecule has 0 aromatic heterocycles. The Morgan fingerprint density at radius 2 is 1.65 bits per heavy atom. The number of ketones is 2. The maximum Gasteiger partial charge on any atom is 0.133 e. The van der Waals surface area contributed by atoms with E-state index in [2.05, 4.69) is 20.8 Å². The number of rotatable bonds is 9. The third kappa shape index (κ3) is 13.2. The fourth-order valence-corrected chi connectivity index (χ4v) is 1.52. The predicted molar refractivity (Wildman–Crippen MR) is 69.0 cm³/mol. The molecule has 0 N–H and O–H groups in total. The lowest BCUT2D eigenvalue weighted by Gasteiger charge is -2.16. The minimum Gasteiger partial charge on any atom is -0.381 e. The molecule has 0 saturated carbocycles. The highest BCUT2D eigenvalue weighted by atomic mass is 16.5. The molecule has 0 unspecified atom stereocenters. The van der Waals surface area contributed by atoms with Crippen LogP contribution in [0, 0.1) is 5.41 Å². The highest BCUT2D eigenvalue weighted by Gasteiger charge is 2.15. The van der Waals surface area contributed by atoms with Crippen LogP contribution in [0.4, 0.5) is 0 Å². The monoisotopic (exact) mass is 242 g/mol. The summed E-state index contributed by atoms with van der Waals surface area (Å²) >= 11 is 0. The Morgan fingerprint density at radius 3 is 2.18 bits per heavy atom. The van der Waals surface area contributed by atoms with E-state index in [1.54, 1.807) is 6.92 Å². The summed E-state index contributed by atoms with van der Waals surface area (Å²) in [6, 6.07) is 0. The van der Waals surface area contributed by atoms with Crippen LogP contribution >= 0.6 is 0 Å². The maximum atomic E-state index is 11.6. The van der Waals surface area contributed by atoms with Crippen LogP contribution in [-0.4, -0.2) is 24.8 Å². The van der Waals surface area contributed by atoms with E-state index in [4.69, 9.17) is 4.74 Å². The van der Waals surface area contributed by atoms with Gasteiger partial charge in [0.05, 0.1) is 6.61 Å². The highest BCUT2D eigenvalue weighted by molar-refractivity contribution is 5.78. The van der Waals surface area contributed by atoms with Gasteiger partial charge in [0.1, 0.15) is 11.6 Å². The summed E-state index contributed by atoms with van der Waals surface area (Å²) < 4.78 is 5.30. The molecule has 100 valence electrons. The van der Waals surface area contributed by atoms with Gasteiger partial charge in [0, 0.05) is 25.9 Å². The minimum absolute atomic E-state index is 0.0923. The molecule has 0 aliphatic rings. The van der Waals surface area contributed by atoms with Crippen LogP contribution in [0.5, 0.6) is 0 Å². The van der Waals surface area contributed by atoms with Crippen molar-refractivity contribution in [1.82, 2.24) is 0 Å². The molecule has 0 aliphatic heterocycles. The second kappa shape index (κ2) is 8.40. The van der Waals surface area contributed by atoms with Crippen LogP contribution in [0.3, 0.4) is 0 Å². The van der Waals surface area contributed by atoms with E-state index in [0.717, 1.165) is 12.8 Å². The van der Waals surface area contributed by atoms with Crippen molar-refractivity contribution in [3.05, 3.63) is 0 Å². The topological polar surface area (TPSA) is 43.4 Å². The predicted octanol–water partition coefficient (Wildman–Crippen LogP) is 3.16. The summed E-state index contributed by atoms with van der Waals surface area (Å²) in [6.45, 7) is 8.96. The zero-order valence-electron chi connectivity index (χ0n) is 11.7. The van der Waals surface area contributed by atoms with E-state index in [1.807, 2.05) is 0 Å². The lowest BCUT2D eigenvalue weighted by Crippen LogP contribution is -2.12. The molecule has 0 atom stereocenters. The zero-order valence-corrected chi connectivity index (χ0v) is 11.7. The summed E-state index contributed by atoms with van der Waals surface area (Å²) in [5.41, 5.74) is 0.0923. The average Bonchev–Trinajstić information content (AvgIpc) is 2.12. The number of hydrogen-bond acceptors (Lipinski definition) is 3. The number of carbonyl (C=O) groups is 2.